The van der Waals surface area contributed by atoms with Gasteiger partial charge in [0, 0.05) is 25.9 Å². The van der Waals surface area contributed by atoms with Crippen molar-refractivity contribution in [2.24, 2.45) is 5.92 Å². The van der Waals surface area contributed by atoms with Crippen LogP contribution in [0.5, 0.6) is 0 Å². The van der Waals surface area contributed by atoms with Gasteiger partial charge in [0.15, 0.2) is 5.82 Å². The lowest BCUT2D eigenvalue weighted by Crippen LogP contribution is -2.38. The van der Waals surface area contributed by atoms with Crippen molar-refractivity contribution in [3.8, 4) is 0 Å². The standard InChI is InChI=1S/C24H29N5O4/c1-18-26-14-23(29(31)32)28(18)12-10-25-24(30)33-17-20-5-4-11-27(16-20)15-19-8-9-21-6-2-3-7-22(21)13-19/h2-3,6-9,13-14,20H,4-5,10-12,15-17H2,1H3,(H,25,30). The van der Waals surface area contributed by atoms with E-state index in [4.69, 9.17) is 4.74 Å². The second kappa shape index (κ2) is 10.4. The maximum atomic E-state index is 12.1. The molecule has 2 aromatic carbocycles. The number of aryl methyl sites for hydroxylation is 1. The Balaban J connectivity index is 1.21. The van der Waals surface area contributed by atoms with Crippen molar-refractivity contribution >= 4 is 22.7 Å². The van der Waals surface area contributed by atoms with Crippen molar-refractivity contribution in [1.29, 1.82) is 0 Å². The molecule has 0 radical (unpaired) electrons. The van der Waals surface area contributed by atoms with Crippen molar-refractivity contribution in [2.45, 2.75) is 32.9 Å². The number of amides is 1. The topological polar surface area (TPSA) is 103 Å². The molecule has 1 saturated heterocycles. The fraction of sp³-hybridized carbons (Fsp3) is 0.417. The number of nitro groups is 1. The lowest BCUT2D eigenvalue weighted by atomic mass is 9.98. The van der Waals surface area contributed by atoms with Crippen LogP contribution in [0.2, 0.25) is 0 Å². The molecule has 0 bridgehead atoms. The second-order valence-corrected chi connectivity index (χ2v) is 8.52. The molecular weight excluding hydrogens is 422 g/mol. The van der Waals surface area contributed by atoms with E-state index >= 15 is 0 Å². The number of fused-ring (bicyclic) bond motifs is 1. The zero-order chi connectivity index (χ0) is 23.2. The predicted molar refractivity (Wildman–Crippen MR) is 125 cm³/mol. The molecule has 0 aliphatic carbocycles. The van der Waals surface area contributed by atoms with E-state index in [1.807, 2.05) is 0 Å². The summed E-state index contributed by atoms with van der Waals surface area (Å²) in [6.07, 6.45) is 2.83. The van der Waals surface area contributed by atoms with E-state index in [9.17, 15) is 14.9 Å². The minimum absolute atomic E-state index is 0.0867. The van der Waals surface area contributed by atoms with Gasteiger partial charge < -0.3 is 20.2 Å². The first-order chi connectivity index (χ1) is 16.0. The molecule has 1 aliphatic heterocycles. The van der Waals surface area contributed by atoms with Crippen molar-refractivity contribution in [1.82, 2.24) is 19.8 Å². The zero-order valence-corrected chi connectivity index (χ0v) is 18.8. The maximum absolute atomic E-state index is 12.1. The highest BCUT2D eigenvalue weighted by Gasteiger charge is 2.22. The van der Waals surface area contributed by atoms with Gasteiger partial charge >= 0.3 is 11.9 Å². The Labute approximate surface area is 192 Å². The normalized spacial score (nSPS) is 16.6. The van der Waals surface area contributed by atoms with Crippen LogP contribution in [0.25, 0.3) is 10.8 Å². The van der Waals surface area contributed by atoms with Gasteiger partial charge in [-0.1, -0.05) is 36.4 Å². The molecule has 4 rings (SSSR count). The first-order valence-corrected chi connectivity index (χ1v) is 11.3. The number of nitrogens with one attached hydrogen (secondary N) is 1. The number of benzene rings is 2. The average molecular weight is 452 g/mol. The molecule has 3 aromatic rings. The molecule has 1 fully saturated rings. The summed E-state index contributed by atoms with van der Waals surface area (Å²) in [7, 11) is 0. The Bertz CT molecular complexity index is 1130. The average Bonchev–Trinajstić information content (AvgIpc) is 3.18. The van der Waals surface area contributed by atoms with Gasteiger partial charge in [0.05, 0.1) is 13.2 Å². The van der Waals surface area contributed by atoms with Crippen LogP contribution in [-0.2, 0) is 17.8 Å². The van der Waals surface area contributed by atoms with E-state index in [1.54, 1.807) is 6.92 Å². The zero-order valence-electron chi connectivity index (χ0n) is 18.8. The maximum Gasteiger partial charge on any atom is 0.407 e. The Hall–Kier alpha value is -3.46. The largest absolute Gasteiger partial charge is 0.449 e. The lowest BCUT2D eigenvalue weighted by Gasteiger charge is -2.32. The first-order valence-electron chi connectivity index (χ1n) is 11.3. The fourth-order valence-electron chi connectivity index (χ4n) is 4.42. The molecule has 2 heterocycles. The molecule has 1 atom stereocenters. The minimum Gasteiger partial charge on any atom is -0.449 e. The third kappa shape index (κ3) is 5.87. The molecule has 1 aromatic heterocycles. The summed E-state index contributed by atoms with van der Waals surface area (Å²) in [6, 6.07) is 15.0. The first kappa shape index (κ1) is 22.7. The van der Waals surface area contributed by atoms with E-state index < -0.39 is 11.0 Å². The molecule has 0 saturated carbocycles. The number of alkyl carbamates (subject to hydrolysis) is 1. The smallest absolute Gasteiger partial charge is 0.407 e. The van der Waals surface area contributed by atoms with Gasteiger partial charge in [-0.05, 0) is 46.7 Å². The number of likely N-dealkylation sites (tertiary alicyclic amines) is 1. The van der Waals surface area contributed by atoms with E-state index in [2.05, 4.69) is 57.7 Å². The lowest BCUT2D eigenvalue weighted by molar-refractivity contribution is -0.392. The fourth-order valence-corrected chi connectivity index (χ4v) is 4.42. The number of ether oxygens (including phenoxy) is 1. The number of carbonyl (C=O) groups excluding carboxylic acids is 1. The molecule has 174 valence electrons. The second-order valence-electron chi connectivity index (χ2n) is 8.52. The van der Waals surface area contributed by atoms with Gasteiger partial charge in [-0.2, -0.15) is 0 Å². The highest BCUT2D eigenvalue weighted by molar-refractivity contribution is 5.82. The summed E-state index contributed by atoms with van der Waals surface area (Å²) in [5.74, 6) is 0.740. The number of aromatic nitrogens is 2. The van der Waals surface area contributed by atoms with E-state index in [0.717, 1.165) is 32.5 Å². The van der Waals surface area contributed by atoms with Crippen molar-refractivity contribution in [2.75, 3.05) is 26.2 Å². The SMILES string of the molecule is Cc1ncc([N+](=O)[O-])n1CCNC(=O)OCC1CCCN(Cc2ccc3ccccc3c2)C1. The Kier molecular flexibility index (Phi) is 7.19. The van der Waals surface area contributed by atoms with Gasteiger partial charge in [-0.25, -0.2) is 14.3 Å². The summed E-state index contributed by atoms with van der Waals surface area (Å²) in [4.78, 5) is 29.0. The summed E-state index contributed by atoms with van der Waals surface area (Å²) >= 11 is 0. The molecular formula is C24H29N5O4. The van der Waals surface area contributed by atoms with Crippen LogP contribution >= 0.6 is 0 Å². The molecule has 1 aliphatic rings. The van der Waals surface area contributed by atoms with E-state index in [-0.39, 0.29) is 18.9 Å². The molecule has 9 nitrogen and oxygen atoms in total. The van der Waals surface area contributed by atoms with E-state index in [0.29, 0.717) is 18.3 Å². The third-order valence-electron chi connectivity index (χ3n) is 6.10. The third-order valence-corrected chi connectivity index (χ3v) is 6.10. The minimum atomic E-state index is -0.498. The number of hydrogen-bond acceptors (Lipinski definition) is 6. The molecule has 33 heavy (non-hydrogen) atoms. The number of hydrogen-bond donors (Lipinski definition) is 1. The molecule has 9 heteroatoms. The summed E-state index contributed by atoms with van der Waals surface area (Å²) in [5, 5.41) is 16.2. The van der Waals surface area contributed by atoms with Crippen LogP contribution in [0.1, 0.15) is 24.2 Å². The highest BCUT2D eigenvalue weighted by atomic mass is 16.6. The van der Waals surface area contributed by atoms with Crippen LogP contribution in [0.3, 0.4) is 0 Å². The molecule has 1 N–H and O–H groups in total. The number of rotatable bonds is 8. The summed E-state index contributed by atoms with van der Waals surface area (Å²) < 4.78 is 6.89. The molecule has 1 unspecified atom stereocenters. The monoisotopic (exact) mass is 451 g/mol. The van der Waals surface area contributed by atoms with Crippen molar-refractivity contribution in [3.63, 3.8) is 0 Å². The summed E-state index contributed by atoms with van der Waals surface area (Å²) in [6.45, 7) is 5.37. The Morgan fingerprint density at radius 3 is 2.91 bits per heavy atom. The number of carbonyl (C=O) groups is 1. The summed E-state index contributed by atoms with van der Waals surface area (Å²) in [5.41, 5.74) is 1.29. The van der Waals surface area contributed by atoms with Crippen LogP contribution in [-0.4, -0.2) is 51.7 Å². The van der Waals surface area contributed by atoms with Crippen LogP contribution in [0.15, 0.2) is 48.7 Å². The predicted octanol–water partition coefficient (Wildman–Crippen LogP) is 3.89. The van der Waals surface area contributed by atoms with Gasteiger partial charge in [0.25, 0.3) is 0 Å². The number of nitrogens with zero attached hydrogens (tertiary/aromatic N) is 4. The highest BCUT2D eigenvalue weighted by Crippen LogP contribution is 2.21. The van der Waals surface area contributed by atoms with Crippen LogP contribution in [0, 0.1) is 23.0 Å². The number of piperidine rings is 1. The van der Waals surface area contributed by atoms with Crippen LogP contribution in [0.4, 0.5) is 10.6 Å². The van der Waals surface area contributed by atoms with Crippen molar-refractivity contribution < 1.29 is 14.5 Å². The van der Waals surface area contributed by atoms with Gasteiger partial charge in [0.2, 0.25) is 0 Å². The van der Waals surface area contributed by atoms with Crippen molar-refractivity contribution in [3.05, 3.63) is 70.2 Å². The van der Waals surface area contributed by atoms with Gasteiger partial charge in [-0.3, -0.25) is 4.90 Å². The Morgan fingerprint density at radius 1 is 1.27 bits per heavy atom. The van der Waals surface area contributed by atoms with Crippen LogP contribution < -0.4 is 5.32 Å². The molecule has 1 amide bonds. The molecule has 0 spiro atoms. The quantitative estimate of drug-likeness (QED) is 0.412. The number of imidazole rings is 1. The van der Waals surface area contributed by atoms with E-state index in [1.165, 1.54) is 27.1 Å². The van der Waals surface area contributed by atoms with Gasteiger partial charge in [-0.15, -0.1) is 0 Å². The van der Waals surface area contributed by atoms with Gasteiger partial charge in [0.1, 0.15) is 12.7 Å². The Morgan fingerprint density at radius 2 is 2.09 bits per heavy atom.